The maximum Gasteiger partial charge on any atom is 0.234 e. The lowest BCUT2D eigenvalue weighted by Crippen LogP contribution is -2.60. The molecular formula is C21H29BrN2O2. The van der Waals surface area contributed by atoms with Crippen LogP contribution in [0.3, 0.4) is 0 Å². The molecule has 1 aromatic rings. The maximum atomic E-state index is 12.8. The molecule has 4 aliphatic rings. The van der Waals surface area contributed by atoms with E-state index in [0.29, 0.717) is 13.1 Å². The second-order valence-corrected chi connectivity index (χ2v) is 9.79. The van der Waals surface area contributed by atoms with Gasteiger partial charge in [-0.2, -0.15) is 0 Å². The molecule has 5 rings (SSSR count). The van der Waals surface area contributed by atoms with Crippen LogP contribution in [0.5, 0.6) is 5.75 Å². The van der Waals surface area contributed by atoms with Crippen molar-refractivity contribution in [1.29, 1.82) is 0 Å². The van der Waals surface area contributed by atoms with Gasteiger partial charge in [-0.3, -0.25) is 9.69 Å². The van der Waals surface area contributed by atoms with Gasteiger partial charge in [0.25, 0.3) is 0 Å². The van der Waals surface area contributed by atoms with Gasteiger partial charge in [-0.1, -0.05) is 15.9 Å². The van der Waals surface area contributed by atoms with Crippen LogP contribution in [0.15, 0.2) is 22.7 Å². The Hall–Kier alpha value is -1.07. The molecule has 5 heteroatoms. The van der Waals surface area contributed by atoms with Crippen LogP contribution in [0, 0.1) is 17.8 Å². The molecule has 0 unspecified atom stereocenters. The summed E-state index contributed by atoms with van der Waals surface area (Å²) in [7, 11) is 3.69. The molecule has 1 aromatic carbocycles. The summed E-state index contributed by atoms with van der Waals surface area (Å²) < 4.78 is 6.48. The SMILES string of the molecule is COc1ccc(Br)cc1CN(C)CC(=O)NC12CC3CC(CC(C3)C1)C2. The summed E-state index contributed by atoms with van der Waals surface area (Å²) in [6.07, 6.45) is 7.81. The highest BCUT2D eigenvalue weighted by Crippen LogP contribution is 2.55. The van der Waals surface area contributed by atoms with E-state index in [1.807, 2.05) is 19.2 Å². The largest absolute Gasteiger partial charge is 0.496 e. The van der Waals surface area contributed by atoms with Crippen LogP contribution in [-0.2, 0) is 11.3 Å². The number of nitrogens with one attached hydrogen (secondary N) is 1. The van der Waals surface area contributed by atoms with Crippen molar-refractivity contribution in [3.05, 3.63) is 28.2 Å². The van der Waals surface area contributed by atoms with Crippen LogP contribution in [-0.4, -0.2) is 37.0 Å². The van der Waals surface area contributed by atoms with Gasteiger partial charge in [0.2, 0.25) is 5.91 Å². The molecule has 0 aromatic heterocycles. The Morgan fingerprint density at radius 1 is 1.23 bits per heavy atom. The van der Waals surface area contributed by atoms with Crippen LogP contribution in [0.1, 0.15) is 44.1 Å². The number of ether oxygens (including phenoxy) is 1. The van der Waals surface area contributed by atoms with Gasteiger partial charge < -0.3 is 10.1 Å². The van der Waals surface area contributed by atoms with Crippen molar-refractivity contribution in [2.75, 3.05) is 20.7 Å². The van der Waals surface area contributed by atoms with E-state index in [2.05, 4.69) is 32.2 Å². The highest BCUT2D eigenvalue weighted by Gasteiger charge is 2.51. The Morgan fingerprint density at radius 2 is 1.85 bits per heavy atom. The van der Waals surface area contributed by atoms with Gasteiger partial charge in [-0.05, 0) is 81.5 Å². The number of hydrogen-bond donors (Lipinski definition) is 1. The molecule has 0 heterocycles. The second kappa shape index (κ2) is 7.16. The van der Waals surface area contributed by atoms with Gasteiger partial charge >= 0.3 is 0 Å². The summed E-state index contributed by atoms with van der Waals surface area (Å²) in [6.45, 7) is 1.12. The summed E-state index contributed by atoms with van der Waals surface area (Å²) in [5.41, 5.74) is 1.19. The van der Waals surface area contributed by atoms with Crippen molar-refractivity contribution in [3.8, 4) is 5.75 Å². The van der Waals surface area contributed by atoms with E-state index in [-0.39, 0.29) is 11.4 Å². The number of carbonyl (C=O) groups is 1. The number of likely N-dealkylation sites (N-methyl/N-ethyl adjacent to an activating group) is 1. The third-order valence-electron chi connectivity index (χ3n) is 6.54. The standard InChI is InChI=1S/C21H29BrN2O2/c1-24(12-17-8-18(22)3-4-19(17)26-2)13-20(25)23-21-9-14-5-15(10-21)7-16(6-14)11-21/h3-4,8,14-16H,5-7,9-13H2,1-2H3,(H,23,25). The third-order valence-corrected chi connectivity index (χ3v) is 7.03. The highest BCUT2D eigenvalue weighted by atomic mass is 79.9. The molecule has 4 aliphatic carbocycles. The number of nitrogens with zero attached hydrogens (tertiary/aromatic N) is 1. The zero-order valence-corrected chi connectivity index (χ0v) is 17.3. The predicted octanol–water partition coefficient (Wildman–Crippen LogP) is 3.97. The average Bonchev–Trinajstić information content (AvgIpc) is 2.52. The lowest BCUT2D eigenvalue weighted by molar-refractivity contribution is -0.127. The van der Waals surface area contributed by atoms with E-state index < -0.39 is 0 Å². The van der Waals surface area contributed by atoms with Crippen LogP contribution in [0.2, 0.25) is 0 Å². The van der Waals surface area contributed by atoms with E-state index in [9.17, 15) is 4.79 Å². The topological polar surface area (TPSA) is 41.6 Å². The van der Waals surface area contributed by atoms with E-state index in [4.69, 9.17) is 4.74 Å². The van der Waals surface area contributed by atoms with Crippen LogP contribution in [0.25, 0.3) is 0 Å². The summed E-state index contributed by atoms with van der Waals surface area (Å²) in [4.78, 5) is 14.8. The number of hydrogen-bond acceptors (Lipinski definition) is 3. The van der Waals surface area contributed by atoms with Crippen LogP contribution < -0.4 is 10.1 Å². The molecule has 0 spiro atoms. The maximum absolute atomic E-state index is 12.8. The molecule has 0 radical (unpaired) electrons. The number of benzene rings is 1. The van der Waals surface area contributed by atoms with Crippen molar-refractivity contribution in [2.24, 2.45) is 17.8 Å². The molecule has 1 amide bonds. The number of rotatable bonds is 6. The summed E-state index contributed by atoms with van der Waals surface area (Å²) in [5, 5.41) is 3.46. The summed E-state index contributed by atoms with van der Waals surface area (Å²) in [6, 6.07) is 6.00. The van der Waals surface area contributed by atoms with Crippen LogP contribution >= 0.6 is 15.9 Å². The fourth-order valence-electron chi connectivity index (χ4n) is 6.06. The fraction of sp³-hybridized carbons (Fsp3) is 0.667. The van der Waals surface area contributed by atoms with Gasteiger partial charge in [0, 0.05) is 22.1 Å². The number of halogens is 1. The summed E-state index contributed by atoms with van der Waals surface area (Å²) >= 11 is 3.52. The van der Waals surface area contributed by atoms with Crippen molar-refractivity contribution in [2.45, 2.75) is 50.6 Å². The zero-order chi connectivity index (χ0) is 18.3. The molecule has 4 bridgehead atoms. The molecule has 142 valence electrons. The first-order chi connectivity index (χ1) is 12.4. The molecule has 26 heavy (non-hydrogen) atoms. The first-order valence-electron chi connectivity index (χ1n) is 9.77. The molecule has 0 atom stereocenters. The first kappa shape index (κ1) is 18.3. The summed E-state index contributed by atoms with van der Waals surface area (Å²) in [5.74, 6) is 3.59. The number of carbonyl (C=O) groups excluding carboxylic acids is 1. The van der Waals surface area contributed by atoms with Crippen molar-refractivity contribution >= 4 is 21.8 Å². The van der Waals surface area contributed by atoms with Crippen LogP contribution in [0.4, 0.5) is 0 Å². The van der Waals surface area contributed by atoms with Crippen molar-refractivity contribution in [3.63, 3.8) is 0 Å². The minimum absolute atomic E-state index is 0.0974. The molecule has 4 nitrogen and oxygen atoms in total. The number of amides is 1. The van der Waals surface area contributed by atoms with Gasteiger partial charge in [-0.15, -0.1) is 0 Å². The Balaban J connectivity index is 1.36. The molecular weight excluding hydrogens is 392 g/mol. The van der Waals surface area contributed by atoms with Gasteiger partial charge in [-0.25, -0.2) is 0 Å². The average molecular weight is 421 g/mol. The Labute approximate surface area is 164 Å². The Bertz CT molecular complexity index is 655. The van der Waals surface area contributed by atoms with E-state index in [1.165, 1.54) is 38.5 Å². The minimum Gasteiger partial charge on any atom is -0.496 e. The van der Waals surface area contributed by atoms with Gasteiger partial charge in [0.05, 0.1) is 13.7 Å². The highest BCUT2D eigenvalue weighted by molar-refractivity contribution is 9.10. The van der Waals surface area contributed by atoms with E-state index in [0.717, 1.165) is 33.5 Å². The zero-order valence-electron chi connectivity index (χ0n) is 15.8. The van der Waals surface area contributed by atoms with E-state index >= 15 is 0 Å². The van der Waals surface area contributed by atoms with Crippen molar-refractivity contribution < 1.29 is 9.53 Å². The van der Waals surface area contributed by atoms with Crippen molar-refractivity contribution in [1.82, 2.24) is 10.2 Å². The Kier molecular flexibility index (Phi) is 5.04. The van der Waals surface area contributed by atoms with E-state index in [1.54, 1.807) is 7.11 Å². The lowest BCUT2D eigenvalue weighted by atomic mass is 9.53. The molecule has 0 saturated heterocycles. The Morgan fingerprint density at radius 3 is 2.42 bits per heavy atom. The first-order valence-corrected chi connectivity index (χ1v) is 10.6. The molecule has 4 fully saturated rings. The smallest absolute Gasteiger partial charge is 0.234 e. The van der Waals surface area contributed by atoms with Gasteiger partial charge in [0.15, 0.2) is 0 Å². The number of methoxy groups -OCH3 is 1. The third kappa shape index (κ3) is 3.79. The lowest BCUT2D eigenvalue weighted by Gasteiger charge is -2.57. The monoisotopic (exact) mass is 420 g/mol. The minimum atomic E-state index is 0.0974. The predicted molar refractivity (Wildman–Crippen MR) is 106 cm³/mol. The second-order valence-electron chi connectivity index (χ2n) is 8.87. The fourth-order valence-corrected chi connectivity index (χ4v) is 6.47. The quantitative estimate of drug-likeness (QED) is 0.756. The molecule has 1 N–H and O–H groups in total. The molecule has 0 aliphatic heterocycles. The molecule has 4 saturated carbocycles. The van der Waals surface area contributed by atoms with Gasteiger partial charge in [0.1, 0.15) is 5.75 Å². The normalized spacial score (nSPS) is 32.1.